The first-order chi connectivity index (χ1) is 6.57. The molecule has 84 valence electrons. The van der Waals surface area contributed by atoms with Crippen molar-refractivity contribution in [2.45, 2.75) is 13.3 Å². The second-order valence-electron chi connectivity index (χ2n) is 3.79. The predicted molar refractivity (Wildman–Crippen MR) is 57.2 cm³/mol. The zero-order valence-electron chi connectivity index (χ0n) is 9.67. The summed E-state index contributed by atoms with van der Waals surface area (Å²) in [6, 6.07) is 0. The Morgan fingerprint density at radius 3 is 2.64 bits per heavy atom. The number of hydrogen-bond donors (Lipinski definition) is 1. The molecule has 4 heteroatoms. The normalized spacial score (nSPS) is 12.9. The van der Waals surface area contributed by atoms with Gasteiger partial charge in [0.25, 0.3) is 0 Å². The highest BCUT2D eigenvalue weighted by Crippen LogP contribution is 1.94. The number of carbonyl (C=O) groups excluding carboxylic acids is 1. The molecule has 0 heterocycles. The molecule has 0 saturated heterocycles. The highest BCUT2D eigenvalue weighted by molar-refractivity contribution is 5.71. The fourth-order valence-corrected chi connectivity index (χ4v) is 1.12. The highest BCUT2D eigenvalue weighted by Gasteiger charge is 2.11. The minimum atomic E-state index is -0.148. The molecule has 0 aromatic rings. The maximum Gasteiger partial charge on any atom is 0.309 e. The molecule has 4 nitrogen and oxygen atoms in total. The third-order valence-corrected chi connectivity index (χ3v) is 2.01. The standard InChI is InChI=1S/C10H22N2O2/c1-9(10(13)14-4)8-11-6-5-7-12(2)3/h9,11H,5-8H2,1-4H3. The lowest BCUT2D eigenvalue weighted by Gasteiger charge is -2.12. The maximum atomic E-state index is 11.0. The molecule has 1 unspecified atom stereocenters. The maximum absolute atomic E-state index is 11.0. The van der Waals surface area contributed by atoms with Gasteiger partial charge in [-0.1, -0.05) is 6.92 Å². The van der Waals surface area contributed by atoms with Crippen LogP contribution in [0.25, 0.3) is 0 Å². The van der Waals surface area contributed by atoms with Gasteiger partial charge in [-0.2, -0.15) is 0 Å². The van der Waals surface area contributed by atoms with Crippen molar-refractivity contribution in [1.82, 2.24) is 10.2 Å². The van der Waals surface area contributed by atoms with Gasteiger partial charge in [0, 0.05) is 6.54 Å². The summed E-state index contributed by atoms with van der Waals surface area (Å²) in [6.45, 7) is 4.57. The average molecular weight is 202 g/mol. The summed E-state index contributed by atoms with van der Waals surface area (Å²) in [6.07, 6.45) is 1.10. The van der Waals surface area contributed by atoms with Gasteiger partial charge in [0.1, 0.15) is 0 Å². The SMILES string of the molecule is COC(=O)C(C)CNCCCN(C)C. The Morgan fingerprint density at radius 1 is 1.50 bits per heavy atom. The van der Waals surface area contributed by atoms with Crippen molar-refractivity contribution < 1.29 is 9.53 Å². The lowest BCUT2D eigenvalue weighted by Crippen LogP contribution is -2.29. The molecule has 0 bridgehead atoms. The Kier molecular flexibility index (Phi) is 7.42. The van der Waals surface area contributed by atoms with E-state index < -0.39 is 0 Å². The van der Waals surface area contributed by atoms with Crippen molar-refractivity contribution in [3.05, 3.63) is 0 Å². The Hall–Kier alpha value is -0.610. The zero-order chi connectivity index (χ0) is 11.0. The molecule has 0 saturated carbocycles. The van der Waals surface area contributed by atoms with E-state index in [1.807, 2.05) is 6.92 Å². The van der Waals surface area contributed by atoms with Crippen LogP contribution in [-0.2, 0) is 9.53 Å². The van der Waals surface area contributed by atoms with Crippen molar-refractivity contribution >= 4 is 5.97 Å². The molecular formula is C10H22N2O2. The quantitative estimate of drug-likeness (QED) is 0.477. The first-order valence-electron chi connectivity index (χ1n) is 5.01. The van der Waals surface area contributed by atoms with Crippen molar-refractivity contribution in [2.75, 3.05) is 40.8 Å². The van der Waals surface area contributed by atoms with Crippen LogP contribution in [0.15, 0.2) is 0 Å². The minimum Gasteiger partial charge on any atom is -0.469 e. The molecule has 0 aliphatic rings. The van der Waals surface area contributed by atoms with Crippen LogP contribution in [0.4, 0.5) is 0 Å². The lowest BCUT2D eigenvalue weighted by molar-refractivity contribution is -0.144. The van der Waals surface area contributed by atoms with E-state index >= 15 is 0 Å². The molecule has 0 aliphatic carbocycles. The second kappa shape index (κ2) is 7.76. The van der Waals surface area contributed by atoms with Gasteiger partial charge in [0.05, 0.1) is 13.0 Å². The Bertz CT molecular complexity index is 160. The molecule has 0 radical (unpaired) electrons. The number of esters is 1. The number of rotatable bonds is 7. The van der Waals surface area contributed by atoms with Gasteiger partial charge in [0.2, 0.25) is 0 Å². The van der Waals surface area contributed by atoms with Gasteiger partial charge in [-0.3, -0.25) is 4.79 Å². The summed E-state index contributed by atoms with van der Waals surface area (Å²) in [5.41, 5.74) is 0. The summed E-state index contributed by atoms with van der Waals surface area (Å²) in [7, 11) is 5.53. The van der Waals surface area contributed by atoms with Crippen LogP contribution < -0.4 is 5.32 Å². The van der Waals surface area contributed by atoms with Crippen molar-refractivity contribution in [3.8, 4) is 0 Å². The van der Waals surface area contributed by atoms with Crippen molar-refractivity contribution in [2.24, 2.45) is 5.92 Å². The molecule has 0 aromatic carbocycles. The Balaban J connectivity index is 3.31. The molecule has 1 atom stereocenters. The van der Waals surface area contributed by atoms with Crippen LogP contribution in [0.5, 0.6) is 0 Å². The number of nitrogens with zero attached hydrogens (tertiary/aromatic N) is 1. The molecule has 0 rings (SSSR count). The fourth-order valence-electron chi connectivity index (χ4n) is 1.12. The summed E-state index contributed by atoms with van der Waals surface area (Å²) < 4.78 is 4.62. The summed E-state index contributed by atoms with van der Waals surface area (Å²) in [5.74, 6) is -0.204. The van der Waals surface area contributed by atoms with Gasteiger partial charge in [-0.25, -0.2) is 0 Å². The van der Waals surface area contributed by atoms with Crippen LogP contribution in [-0.4, -0.2) is 51.7 Å². The molecule has 1 N–H and O–H groups in total. The third-order valence-electron chi connectivity index (χ3n) is 2.01. The van der Waals surface area contributed by atoms with E-state index in [-0.39, 0.29) is 11.9 Å². The molecule has 0 fully saturated rings. The van der Waals surface area contributed by atoms with Crippen LogP contribution in [0.1, 0.15) is 13.3 Å². The molecular weight excluding hydrogens is 180 g/mol. The fraction of sp³-hybridized carbons (Fsp3) is 0.900. The Labute approximate surface area is 86.6 Å². The summed E-state index contributed by atoms with van der Waals surface area (Å²) in [4.78, 5) is 13.2. The monoisotopic (exact) mass is 202 g/mol. The molecule has 0 aliphatic heterocycles. The van der Waals surface area contributed by atoms with Gasteiger partial charge in [-0.05, 0) is 33.6 Å². The molecule has 0 spiro atoms. The molecule has 14 heavy (non-hydrogen) atoms. The van der Waals surface area contributed by atoms with E-state index in [0.29, 0.717) is 6.54 Å². The van der Waals surface area contributed by atoms with E-state index in [1.54, 1.807) is 0 Å². The Morgan fingerprint density at radius 2 is 2.14 bits per heavy atom. The van der Waals surface area contributed by atoms with Gasteiger partial charge in [0.15, 0.2) is 0 Å². The van der Waals surface area contributed by atoms with E-state index in [9.17, 15) is 4.79 Å². The lowest BCUT2D eigenvalue weighted by atomic mass is 10.2. The number of hydrogen-bond acceptors (Lipinski definition) is 4. The zero-order valence-corrected chi connectivity index (χ0v) is 9.67. The summed E-state index contributed by atoms with van der Waals surface area (Å²) in [5, 5.41) is 3.23. The largest absolute Gasteiger partial charge is 0.469 e. The van der Waals surface area contributed by atoms with Crippen LogP contribution in [0, 0.1) is 5.92 Å². The van der Waals surface area contributed by atoms with Crippen molar-refractivity contribution in [3.63, 3.8) is 0 Å². The van der Waals surface area contributed by atoms with Crippen LogP contribution >= 0.6 is 0 Å². The first kappa shape index (κ1) is 13.4. The van der Waals surface area contributed by atoms with E-state index in [0.717, 1.165) is 19.5 Å². The number of methoxy groups -OCH3 is 1. The first-order valence-corrected chi connectivity index (χ1v) is 5.01. The number of ether oxygens (including phenoxy) is 1. The van der Waals surface area contributed by atoms with Gasteiger partial charge in [-0.15, -0.1) is 0 Å². The van der Waals surface area contributed by atoms with E-state index in [4.69, 9.17) is 0 Å². The highest BCUT2D eigenvalue weighted by atomic mass is 16.5. The van der Waals surface area contributed by atoms with Crippen molar-refractivity contribution in [1.29, 1.82) is 0 Å². The summed E-state index contributed by atoms with van der Waals surface area (Å²) >= 11 is 0. The predicted octanol–water partition coefficient (Wildman–Crippen LogP) is 0.337. The smallest absolute Gasteiger partial charge is 0.309 e. The van der Waals surface area contributed by atoms with E-state index in [2.05, 4.69) is 29.0 Å². The average Bonchev–Trinajstić information content (AvgIpc) is 2.15. The number of nitrogens with one attached hydrogen (secondary N) is 1. The van der Waals surface area contributed by atoms with E-state index in [1.165, 1.54) is 7.11 Å². The van der Waals surface area contributed by atoms with Gasteiger partial charge < -0.3 is 15.0 Å². The number of carbonyl (C=O) groups is 1. The minimum absolute atomic E-state index is 0.0562. The molecule has 0 amide bonds. The third kappa shape index (κ3) is 6.86. The van der Waals surface area contributed by atoms with Crippen LogP contribution in [0.2, 0.25) is 0 Å². The second-order valence-corrected chi connectivity index (χ2v) is 3.79. The van der Waals surface area contributed by atoms with Crippen LogP contribution in [0.3, 0.4) is 0 Å². The van der Waals surface area contributed by atoms with Gasteiger partial charge >= 0.3 is 5.97 Å². The molecule has 0 aromatic heterocycles. The topological polar surface area (TPSA) is 41.6 Å².